The number of rotatable bonds is 7. The fourth-order valence-electron chi connectivity index (χ4n) is 11.4. The highest BCUT2D eigenvalue weighted by Gasteiger charge is 2.82. The summed E-state index contributed by atoms with van der Waals surface area (Å²) >= 11 is 0. The van der Waals surface area contributed by atoms with Crippen molar-refractivity contribution < 1.29 is 19.4 Å². The second-order valence-electron chi connectivity index (χ2n) is 16.3. The maximum atomic E-state index is 13.4. The predicted octanol–water partition coefficient (Wildman–Crippen LogP) is 6.10. The van der Waals surface area contributed by atoms with Crippen molar-refractivity contribution in [2.24, 2.45) is 50.7 Å². The van der Waals surface area contributed by atoms with Crippen LogP contribution >= 0.6 is 0 Å². The van der Waals surface area contributed by atoms with Gasteiger partial charge in [0, 0.05) is 29.3 Å². The van der Waals surface area contributed by atoms with Crippen LogP contribution in [0.3, 0.4) is 0 Å². The minimum atomic E-state index is -0.388. The zero-order valence-corrected chi connectivity index (χ0v) is 27.7. The molecule has 6 rings (SSSR count). The summed E-state index contributed by atoms with van der Waals surface area (Å²) in [7, 11) is 4.30. The van der Waals surface area contributed by atoms with Gasteiger partial charge in [-0.2, -0.15) is 0 Å². The molecular weight excluding hydrogens is 536 g/mol. The van der Waals surface area contributed by atoms with Gasteiger partial charge < -0.3 is 20.1 Å². The van der Waals surface area contributed by atoms with Gasteiger partial charge in [0.05, 0.1) is 12.2 Å². The van der Waals surface area contributed by atoms with Crippen molar-refractivity contribution in [3.63, 3.8) is 0 Å². The van der Waals surface area contributed by atoms with Crippen LogP contribution in [0.1, 0.15) is 90.4 Å². The molecule has 43 heavy (non-hydrogen) atoms. The number of amides is 1. The predicted molar refractivity (Wildman–Crippen MR) is 169 cm³/mol. The quantitative estimate of drug-likeness (QED) is 0.296. The van der Waals surface area contributed by atoms with Gasteiger partial charge in [-0.25, -0.2) is 4.79 Å². The van der Waals surface area contributed by atoms with Gasteiger partial charge in [0.2, 0.25) is 5.91 Å². The molecule has 5 aliphatic rings. The number of fused-ring (bicyclic) bond motifs is 2. The van der Waals surface area contributed by atoms with E-state index < -0.39 is 0 Å². The highest BCUT2D eigenvalue weighted by Crippen LogP contribution is 2.87. The minimum Gasteiger partial charge on any atom is -0.458 e. The SMILES string of the molecule is CC(C)C(=O)N[C@H]1CC[C@]23C[C@]24CC[C@]2(C)[C@@H]([C@H](C)N(C)C)[C@H](OC(=O)c5ccccc5)C[C@@]2(C)[C@@H]4C=CC3[C@]1(C)CO. The summed E-state index contributed by atoms with van der Waals surface area (Å²) in [5.74, 6) is 0.653. The second-order valence-corrected chi connectivity index (χ2v) is 16.3. The summed E-state index contributed by atoms with van der Waals surface area (Å²) < 4.78 is 6.49. The molecule has 0 heterocycles. The van der Waals surface area contributed by atoms with Gasteiger partial charge >= 0.3 is 5.97 Å². The van der Waals surface area contributed by atoms with E-state index >= 15 is 0 Å². The molecule has 1 aromatic rings. The fraction of sp³-hybridized carbons (Fsp3) is 0.730. The van der Waals surface area contributed by atoms with Crippen molar-refractivity contribution in [1.82, 2.24) is 10.2 Å². The van der Waals surface area contributed by atoms with E-state index in [4.69, 9.17) is 4.74 Å². The molecule has 1 aromatic carbocycles. The van der Waals surface area contributed by atoms with Crippen molar-refractivity contribution in [3.8, 4) is 0 Å². The van der Waals surface area contributed by atoms with E-state index in [9.17, 15) is 14.7 Å². The van der Waals surface area contributed by atoms with Gasteiger partial charge in [-0.3, -0.25) is 4.79 Å². The average molecular weight is 591 g/mol. The first-order chi connectivity index (χ1) is 20.2. The number of aliphatic hydroxyl groups excluding tert-OH is 1. The Kier molecular flexibility index (Phi) is 7.29. The van der Waals surface area contributed by atoms with E-state index in [1.54, 1.807) is 0 Å². The molecule has 5 aliphatic carbocycles. The van der Waals surface area contributed by atoms with Gasteiger partial charge in [0.15, 0.2) is 0 Å². The summed E-state index contributed by atoms with van der Waals surface area (Å²) in [6.07, 6.45) is 11.2. The molecule has 4 fully saturated rings. The molecule has 0 saturated heterocycles. The standard InChI is InChI=1S/C37H54N2O4/c1-23(2)31(41)38-29-16-17-36-21-37(36)19-18-34(5)30(24(3)39(7)8)26(43-32(42)25-12-10-9-11-13-25)20-35(34,6)28(37)15-14-27(36)33(29,4)22-40/h9-15,23-24,26-30,40H,16-22H2,1-8H3,(H,38,41)/t24-,26+,27?,28-,29-,30-,33-,34+,35-,36+,37-/m0/s1. The zero-order valence-electron chi connectivity index (χ0n) is 27.7. The van der Waals surface area contributed by atoms with Crippen LogP contribution < -0.4 is 5.32 Å². The maximum absolute atomic E-state index is 13.4. The number of ether oxygens (including phenoxy) is 1. The number of nitrogens with one attached hydrogen (secondary N) is 1. The lowest BCUT2D eigenvalue weighted by atomic mass is 9.43. The van der Waals surface area contributed by atoms with Gasteiger partial charge in [-0.15, -0.1) is 0 Å². The third kappa shape index (κ3) is 4.10. The molecule has 6 heteroatoms. The largest absolute Gasteiger partial charge is 0.458 e. The van der Waals surface area contributed by atoms with Gasteiger partial charge in [0.25, 0.3) is 0 Å². The Bertz CT molecular complexity index is 1290. The van der Waals surface area contributed by atoms with Crippen LogP contribution in [-0.4, -0.2) is 60.8 Å². The van der Waals surface area contributed by atoms with E-state index in [2.05, 4.69) is 64.2 Å². The van der Waals surface area contributed by atoms with E-state index in [0.717, 1.165) is 25.7 Å². The third-order valence-electron chi connectivity index (χ3n) is 14.2. The first-order valence-corrected chi connectivity index (χ1v) is 16.7. The molecule has 0 radical (unpaired) electrons. The molecule has 1 amide bonds. The molecule has 0 aromatic heterocycles. The van der Waals surface area contributed by atoms with E-state index in [0.29, 0.717) is 11.5 Å². The lowest BCUT2D eigenvalue weighted by Gasteiger charge is -2.61. The van der Waals surface area contributed by atoms with Crippen molar-refractivity contribution in [1.29, 1.82) is 0 Å². The zero-order chi connectivity index (χ0) is 31.2. The summed E-state index contributed by atoms with van der Waals surface area (Å²) in [6.45, 7) is 13.5. The lowest BCUT2D eigenvalue weighted by Crippen LogP contribution is -2.61. The summed E-state index contributed by atoms with van der Waals surface area (Å²) in [6, 6.07) is 9.67. The average Bonchev–Trinajstić information content (AvgIpc) is 3.58. The minimum absolute atomic E-state index is 0.0118. The molecule has 4 saturated carbocycles. The number of benzene rings is 1. The van der Waals surface area contributed by atoms with E-state index in [-0.39, 0.29) is 81.5 Å². The summed E-state index contributed by atoms with van der Waals surface area (Å²) in [5, 5.41) is 14.2. The van der Waals surface area contributed by atoms with Gasteiger partial charge in [-0.05, 0) is 105 Å². The number of esters is 1. The molecule has 236 valence electrons. The molecule has 11 atom stereocenters. The van der Waals surface area contributed by atoms with Crippen LogP contribution in [0.25, 0.3) is 0 Å². The highest BCUT2D eigenvalue weighted by atomic mass is 16.5. The molecule has 0 bridgehead atoms. The van der Waals surface area contributed by atoms with Gasteiger partial charge in [-0.1, -0.05) is 65.0 Å². The second kappa shape index (κ2) is 10.2. The van der Waals surface area contributed by atoms with E-state index in [1.807, 2.05) is 44.2 Å². The Morgan fingerprint density at radius 3 is 2.26 bits per heavy atom. The fourth-order valence-corrected chi connectivity index (χ4v) is 11.4. The number of hydrogen-bond donors (Lipinski definition) is 2. The van der Waals surface area contributed by atoms with Crippen LogP contribution in [0.5, 0.6) is 0 Å². The number of carbonyl (C=O) groups is 2. The molecule has 6 nitrogen and oxygen atoms in total. The van der Waals surface area contributed by atoms with Crippen molar-refractivity contribution in [3.05, 3.63) is 48.0 Å². The molecule has 1 unspecified atom stereocenters. The molecule has 0 aliphatic heterocycles. The molecular formula is C37H54N2O4. The number of allylic oxidation sites excluding steroid dienone is 2. The first kappa shape index (κ1) is 30.8. The van der Waals surface area contributed by atoms with Gasteiger partial charge in [0.1, 0.15) is 6.10 Å². The summed E-state index contributed by atoms with van der Waals surface area (Å²) in [5.41, 5.74) is 0.582. The van der Waals surface area contributed by atoms with Crippen LogP contribution in [0.2, 0.25) is 0 Å². The topological polar surface area (TPSA) is 78.9 Å². The smallest absolute Gasteiger partial charge is 0.338 e. The number of carbonyl (C=O) groups excluding carboxylic acids is 2. The Labute approximate surface area is 259 Å². The Morgan fingerprint density at radius 2 is 1.63 bits per heavy atom. The number of aliphatic hydroxyl groups is 1. The van der Waals surface area contributed by atoms with Crippen molar-refractivity contribution >= 4 is 11.9 Å². The van der Waals surface area contributed by atoms with Crippen LogP contribution in [0.15, 0.2) is 42.5 Å². The Balaban J connectivity index is 1.36. The Hall–Kier alpha value is -2.18. The van der Waals surface area contributed by atoms with Crippen LogP contribution in [0, 0.1) is 50.7 Å². The van der Waals surface area contributed by atoms with Crippen molar-refractivity contribution in [2.75, 3.05) is 20.7 Å². The normalized spacial score (nSPS) is 45.0. The van der Waals surface area contributed by atoms with Crippen LogP contribution in [0.4, 0.5) is 0 Å². The highest BCUT2D eigenvalue weighted by molar-refractivity contribution is 5.89. The summed E-state index contributed by atoms with van der Waals surface area (Å²) in [4.78, 5) is 28.5. The van der Waals surface area contributed by atoms with Crippen LogP contribution in [-0.2, 0) is 9.53 Å². The number of nitrogens with zero attached hydrogens (tertiary/aromatic N) is 1. The first-order valence-electron chi connectivity index (χ1n) is 16.7. The van der Waals surface area contributed by atoms with Crippen molar-refractivity contribution in [2.45, 2.75) is 98.3 Å². The molecule has 2 spiro atoms. The lowest BCUT2D eigenvalue weighted by molar-refractivity contribution is -0.131. The third-order valence-corrected chi connectivity index (χ3v) is 14.2. The molecule has 2 N–H and O–H groups in total. The van der Waals surface area contributed by atoms with E-state index in [1.165, 1.54) is 12.8 Å². The Morgan fingerprint density at radius 1 is 0.977 bits per heavy atom. The number of hydrogen-bond acceptors (Lipinski definition) is 5. The monoisotopic (exact) mass is 590 g/mol. The maximum Gasteiger partial charge on any atom is 0.338 e.